The largest absolute Gasteiger partial charge is 0.383 e. The highest BCUT2D eigenvalue weighted by molar-refractivity contribution is 5.98. The van der Waals surface area contributed by atoms with E-state index >= 15 is 0 Å². The summed E-state index contributed by atoms with van der Waals surface area (Å²) in [5, 5.41) is 6.87. The van der Waals surface area contributed by atoms with Crippen molar-refractivity contribution >= 4 is 28.5 Å². The Labute approximate surface area is 217 Å². The number of anilines is 1. The van der Waals surface area contributed by atoms with Gasteiger partial charge in [0.25, 0.3) is 5.91 Å². The van der Waals surface area contributed by atoms with Crippen LogP contribution in [0, 0.1) is 18.8 Å². The minimum absolute atomic E-state index is 0.0358. The van der Waals surface area contributed by atoms with Crippen LogP contribution >= 0.6 is 0 Å². The number of benzene rings is 2. The van der Waals surface area contributed by atoms with Crippen LogP contribution in [0.5, 0.6) is 0 Å². The third-order valence-corrected chi connectivity index (χ3v) is 8.47. The zero-order valence-electron chi connectivity index (χ0n) is 21.5. The summed E-state index contributed by atoms with van der Waals surface area (Å²) >= 11 is 0. The summed E-state index contributed by atoms with van der Waals surface area (Å²) in [6, 6.07) is 13.9. The van der Waals surface area contributed by atoms with Gasteiger partial charge in [0, 0.05) is 36.9 Å². The van der Waals surface area contributed by atoms with Crippen molar-refractivity contribution in [1.82, 2.24) is 20.2 Å². The molecule has 37 heavy (non-hydrogen) atoms. The number of rotatable bonds is 5. The van der Waals surface area contributed by atoms with Crippen molar-refractivity contribution in [1.29, 1.82) is 0 Å². The van der Waals surface area contributed by atoms with Gasteiger partial charge in [0.05, 0.1) is 35.6 Å². The van der Waals surface area contributed by atoms with Gasteiger partial charge in [-0.2, -0.15) is 0 Å². The fourth-order valence-corrected chi connectivity index (χ4v) is 6.76. The molecule has 5 atom stereocenters. The number of carbonyl (C=O) groups is 2. The summed E-state index contributed by atoms with van der Waals surface area (Å²) in [6.07, 6.45) is 4.59. The second kappa shape index (κ2) is 9.82. The Kier molecular flexibility index (Phi) is 6.36. The van der Waals surface area contributed by atoms with Gasteiger partial charge in [-0.25, -0.2) is 4.98 Å². The molecule has 0 spiro atoms. The number of methoxy groups -OCH3 is 1. The van der Waals surface area contributed by atoms with Crippen LogP contribution in [0.2, 0.25) is 0 Å². The van der Waals surface area contributed by atoms with Crippen molar-refractivity contribution in [2.75, 3.05) is 25.6 Å². The van der Waals surface area contributed by atoms with Crippen LogP contribution in [-0.4, -0.2) is 59.0 Å². The van der Waals surface area contributed by atoms with E-state index in [1.807, 2.05) is 31.2 Å². The third kappa shape index (κ3) is 4.37. The Bertz CT molecular complexity index is 1320. The van der Waals surface area contributed by atoms with Crippen molar-refractivity contribution in [3.63, 3.8) is 0 Å². The number of aryl methyl sites for hydroxylation is 1. The maximum Gasteiger partial charge on any atom is 0.251 e. The minimum atomic E-state index is -0.212. The van der Waals surface area contributed by atoms with Gasteiger partial charge >= 0.3 is 0 Å². The van der Waals surface area contributed by atoms with Crippen molar-refractivity contribution in [3.05, 3.63) is 59.4 Å². The van der Waals surface area contributed by atoms with Crippen LogP contribution in [0.1, 0.15) is 59.9 Å². The summed E-state index contributed by atoms with van der Waals surface area (Å²) in [4.78, 5) is 37.2. The molecule has 2 aromatic carbocycles. The number of nitrogens with zero attached hydrogens (tertiary/aromatic N) is 2. The average molecular weight is 502 g/mol. The van der Waals surface area contributed by atoms with E-state index in [1.54, 1.807) is 7.11 Å². The molecular weight excluding hydrogens is 466 g/mol. The highest BCUT2D eigenvalue weighted by Gasteiger charge is 2.48. The van der Waals surface area contributed by atoms with Crippen molar-refractivity contribution < 1.29 is 14.3 Å². The molecule has 0 unspecified atom stereocenters. The third-order valence-electron chi connectivity index (χ3n) is 8.47. The smallest absolute Gasteiger partial charge is 0.251 e. The van der Waals surface area contributed by atoms with Crippen LogP contribution in [0.25, 0.3) is 11.0 Å². The number of amides is 2. The molecule has 0 bridgehead atoms. The molecule has 3 aliphatic rings. The molecule has 3 aromatic rings. The summed E-state index contributed by atoms with van der Waals surface area (Å²) in [7, 11) is 1.73. The Balaban J connectivity index is 1.23. The number of hydrogen-bond acceptors (Lipinski definition) is 5. The minimum Gasteiger partial charge on any atom is -0.383 e. The zero-order valence-corrected chi connectivity index (χ0v) is 21.5. The van der Waals surface area contributed by atoms with Crippen molar-refractivity contribution in [3.8, 4) is 0 Å². The summed E-state index contributed by atoms with van der Waals surface area (Å²) in [5.41, 5.74) is 4.54. The molecule has 3 N–H and O–H groups in total. The number of imidazole rings is 1. The topological polar surface area (TPSA) is 99.4 Å². The summed E-state index contributed by atoms with van der Waals surface area (Å²) < 4.78 is 5.53. The number of likely N-dealkylation sites (tertiary alicyclic amines) is 1. The first kappa shape index (κ1) is 24.0. The monoisotopic (exact) mass is 501 g/mol. The number of fused-ring (bicyclic) bond motifs is 4. The van der Waals surface area contributed by atoms with Crippen molar-refractivity contribution in [2.24, 2.45) is 11.8 Å². The molecule has 194 valence electrons. The fraction of sp³-hybridized carbons (Fsp3) is 0.483. The molecule has 6 rings (SSSR count). The van der Waals surface area contributed by atoms with E-state index in [0.717, 1.165) is 61.2 Å². The van der Waals surface area contributed by atoms with Crippen LogP contribution in [0.15, 0.2) is 42.5 Å². The van der Waals surface area contributed by atoms with E-state index in [1.165, 1.54) is 5.56 Å². The van der Waals surface area contributed by atoms with E-state index in [-0.39, 0.29) is 35.9 Å². The van der Waals surface area contributed by atoms with E-state index in [9.17, 15) is 9.59 Å². The zero-order chi connectivity index (χ0) is 25.5. The van der Waals surface area contributed by atoms with E-state index in [4.69, 9.17) is 4.74 Å². The molecule has 2 aliphatic heterocycles. The van der Waals surface area contributed by atoms with Gasteiger partial charge in [0.2, 0.25) is 5.91 Å². The molecule has 1 aliphatic carbocycles. The molecule has 8 nitrogen and oxygen atoms in total. The van der Waals surface area contributed by atoms with E-state index in [2.05, 4.69) is 43.7 Å². The first-order valence-electron chi connectivity index (χ1n) is 13.5. The lowest BCUT2D eigenvalue weighted by Crippen LogP contribution is -2.50. The normalized spacial score (nSPS) is 26.9. The van der Waals surface area contributed by atoms with Crippen LogP contribution in [0.4, 0.5) is 5.69 Å². The molecule has 1 aromatic heterocycles. The number of ether oxygens (including phenoxy) is 1. The number of para-hydroxylation sites is 1. The molecule has 2 amide bonds. The molecule has 8 heteroatoms. The maximum absolute atomic E-state index is 14.1. The number of hydrogen-bond donors (Lipinski definition) is 3. The molecule has 0 radical (unpaired) electrons. The van der Waals surface area contributed by atoms with E-state index in [0.29, 0.717) is 18.1 Å². The van der Waals surface area contributed by atoms with Crippen molar-refractivity contribution in [2.45, 2.75) is 57.2 Å². The molecule has 3 heterocycles. The first-order valence-corrected chi connectivity index (χ1v) is 13.5. The Morgan fingerprint density at radius 3 is 2.84 bits per heavy atom. The first-order chi connectivity index (χ1) is 18.0. The average Bonchev–Trinajstić information content (AvgIpc) is 3.52. The van der Waals surface area contributed by atoms with Crippen LogP contribution in [0.3, 0.4) is 0 Å². The molecule has 1 saturated carbocycles. The maximum atomic E-state index is 14.1. The van der Waals surface area contributed by atoms with Gasteiger partial charge < -0.3 is 25.3 Å². The highest BCUT2D eigenvalue weighted by Crippen LogP contribution is 2.47. The predicted molar refractivity (Wildman–Crippen MR) is 142 cm³/mol. The number of nitrogens with one attached hydrogen (secondary N) is 3. The second-order valence-corrected chi connectivity index (χ2v) is 10.7. The van der Waals surface area contributed by atoms with E-state index < -0.39 is 0 Å². The summed E-state index contributed by atoms with van der Waals surface area (Å²) in [5.74, 6) is 0.944. The Morgan fingerprint density at radius 1 is 1.14 bits per heavy atom. The standard InChI is InChI=1S/C29H35N5O3/c1-17-30-24-12-11-18(15-25(24)31-17)28(35)33-23-10-6-4-8-21(23)29(36)34-14-13-20-26(16-37-2)32-22-9-5-3-7-19(22)27(20)34/h3,5,7,9,11-12,15,20-21,23,26-27,32H,4,6,8,10,13-14,16H2,1-2H3,(H,30,31)(H,33,35)/t20-,21-,23+,26-,27-/m0/s1. The number of aromatic nitrogens is 2. The van der Waals surface area contributed by atoms with Crippen LogP contribution in [-0.2, 0) is 9.53 Å². The summed E-state index contributed by atoms with van der Waals surface area (Å²) in [6.45, 7) is 3.25. The Morgan fingerprint density at radius 2 is 1.97 bits per heavy atom. The van der Waals surface area contributed by atoms with Gasteiger partial charge in [-0.1, -0.05) is 31.0 Å². The van der Waals surface area contributed by atoms with Crippen LogP contribution < -0.4 is 10.6 Å². The lowest BCUT2D eigenvalue weighted by molar-refractivity contribution is -0.139. The number of carbonyl (C=O) groups excluding carboxylic acids is 2. The molecular formula is C29H35N5O3. The van der Waals surface area contributed by atoms with Gasteiger partial charge in [-0.3, -0.25) is 9.59 Å². The SMILES string of the molecule is COC[C@@H]1Nc2ccccc2[C@H]2[C@H]1CCN2C(=O)[C@H]1CCCC[C@H]1NC(=O)c1ccc2[nH]c(C)nc2c1. The molecule has 1 saturated heterocycles. The Hall–Kier alpha value is -3.39. The fourth-order valence-electron chi connectivity index (χ4n) is 6.76. The number of H-pyrrole nitrogens is 1. The van der Waals surface area contributed by atoms with Gasteiger partial charge in [0.15, 0.2) is 0 Å². The quantitative estimate of drug-likeness (QED) is 0.487. The highest BCUT2D eigenvalue weighted by atomic mass is 16.5. The molecule has 2 fully saturated rings. The van der Waals surface area contributed by atoms with Gasteiger partial charge in [-0.15, -0.1) is 0 Å². The van der Waals surface area contributed by atoms with Gasteiger partial charge in [-0.05, 0) is 56.0 Å². The lowest BCUT2D eigenvalue weighted by Gasteiger charge is -2.41. The predicted octanol–water partition coefficient (Wildman–Crippen LogP) is 4.19. The lowest BCUT2D eigenvalue weighted by atomic mass is 9.81. The second-order valence-electron chi connectivity index (χ2n) is 10.7. The number of aromatic amines is 1. The van der Waals surface area contributed by atoms with Gasteiger partial charge in [0.1, 0.15) is 5.82 Å².